The van der Waals surface area contributed by atoms with E-state index < -0.39 is 12.1 Å². The number of alkyl halides is 3. The van der Waals surface area contributed by atoms with Gasteiger partial charge in [0.25, 0.3) is 0 Å². The zero-order chi connectivity index (χ0) is 16.5. The van der Waals surface area contributed by atoms with E-state index in [9.17, 15) is 18.0 Å². The maximum atomic E-state index is 12.3. The van der Waals surface area contributed by atoms with Gasteiger partial charge in [-0.1, -0.05) is 23.7 Å². The number of nitrogens with zero attached hydrogens (tertiary/aromatic N) is 2. The number of aryl methyl sites for hydroxylation is 1. The van der Waals surface area contributed by atoms with Crippen LogP contribution in [0.3, 0.4) is 0 Å². The lowest BCUT2D eigenvalue weighted by molar-refractivity contribution is -0.167. The van der Waals surface area contributed by atoms with E-state index in [0.717, 1.165) is 5.56 Å². The van der Waals surface area contributed by atoms with Gasteiger partial charge in [-0.25, -0.2) is 0 Å². The van der Waals surface area contributed by atoms with Gasteiger partial charge in [0.15, 0.2) is 0 Å². The SMILES string of the molecule is Cc1nn(Cc2cccc(Cl)c2)c(C)c1NC(=O)C(F)(F)F. The molecular formula is C14H13ClF3N3O. The molecular weight excluding hydrogens is 319 g/mol. The molecule has 4 nitrogen and oxygen atoms in total. The third-order valence-corrected chi connectivity index (χ3v) is 3.33. The second-order valence-electron chi connectivity index (χ2n) is 4.79. The smallest absolute Gasteiger partial charge is 0.315 e. The Kier molecular flexibility index (Phi) is 4.46. The molecule has 0 fully saturated rings. The van der Waals surface area contributed by atoms with Crippen LogP contribution in [0.25, 0.3) is 0 Å². The summed E-state index contributed by atoms with van der Waals surface area (Å²) in [5.74, 6) is -2.01. The largest absolute Gasteiger partial charge is 0.471 e. The molecule has 2 aromatic rings. The van der Waals surface area contributed by atoms with Gasteiger partial charge in [-0.05, 0) is 31.5 Å². The fourth-order valence-corrected chi connectivity index (χ4v) is 2.24. The van der Waals surface area contributed by atoms with Gasteiger partial charge >= 0.3 is 12.1 Å². The summed E-state index contributed by atoms with van der Waals surface area (Å²) in [6, 6.07) is 7.07. The highest BCUT2D eigenvalue weighted by atomic mass is 35.5. The van der Waals surface area contributed by atoms with Crippen molar-refractivity contribution < 1.29 is 18.0 Å². The van der Waals surface area contributed by atoms with Crippen molar-refractivity contribution in [2.24, 2.45) is 0 Å². The summed E-state index contributed by atoms with van der Waals surface area (Å²) >= 11 is 5.89. The van der Waals surface area contributed by atoms with Crippen LogP contribution in [0.1, 0.15) is 17.0 Å². The van der Waals surface area contributed by atoms with Gasteiger partial charge in [0.2, 0.25) is 0 Å². The van der Waals surface area contributed by atoms with Crippen LogP contribution in [0.5, 0.6) is 0 Å². The molecule has 0 unspecified atom stereocenters. The number of nitrogens with one attached hydrogen (secondary N) is 1. The molecule has 0 aliphatic carbocycles. The minimum Gasteiger partial charge on any atom is -0.315 e. The van der Waals surface area contributed by atoms with Crippen LogP contribution in [0.4, 0.5) is 18.9 Å². The fourth-order valence-electron chi connectivity index (χ4n) is 2.02. The van der Waals surface area contributed by atoms with Gasteiger partial charge in [0, 0.05) is 5.02 Å². The van der Waals surface area contributed by atoms with Crippen molar-refractivity contribution in [3.8, 4) is 0 Å². The van der Waals surface area contributed by atoms with Gasteiger partial charge in [-0.15, -0.1) is 0 Å². The fraction of sp³-hybridized carbons (Fsp3) is 0.286. The summed E-state index contributed by atoms with van der Waals surface area (Å²) in [7, 11) is 0. The maximum absolute atomic E-state index is 12.3. The number of aromatic nitrogens is 2. The predicted molar refractivity (Wildman–Crippen MR) is 76.9 cm³/mol. The molecule has 0 saturated heterocycles. The molecule has 0 spiro atoms. The van der Waals surface area contributed by atoms with E-state index in [-0.39, 0.29) is 5.69 Å². The Morgan fingerprint density at radius 3 is 2.64 bits per heavy atom. The van der Waals surface area contributed by atoms with Crippen LogP contribution in [0.15, 0.2) is 24.3 Å². The predicted octanol–water partition coefficient (Wildman–Crippen LogP) is 3.70. The zero-order valence-electron chi connectivity index (χ0n) is 11.8. The molecule has 1 aromatic heterocycles. The summed E-state index contributed by atoms with van der Waals surface area (Å²) in [5.41, 5.74) is 1.68. The van der Waals surface area contributed by atoms with Crippen LogP contribution in [0.2, 0.25) is 5.02 Å². The molecule has 0 aliphatic heterocycles. The number of hydrogen-bond donors (Lipinski definition) is 1. The molecule has 0 radical (unpaired) electrons. The van der Waals surface area contributed by atoms with Crippen molar-refractivity contribution in [1.29, 1.82) is 0 Å². The van der Waals surface area contributed by atoms with Gasteiger partial charge in [0.05, 0.1) is 23.6 Å². The third-order valence-electron chi connectivity index (χ3n) is 3.10. The molecule has 22 heavy (non-hydrogen) atoms. The minimum absolute atomic E-state index is 0.0735. The number of hydrogen-bond acceptors (Lipinski definition) is 2. The number of amides is 1. The highest BCUT2D eigenvalue weighted by Crippen LogP contribution is 2.24. The van der Waals surface area contributed by atoms with Gasteiger partial charge in [-0.3, -0.25) is 9.48 Å². The van der Waals surface area contributed by atoms with Crippen LogP contribution in [0, 0.1) is 13.8 Å². The minimum atomic E-state index is -4.94. The second kappa shape index (κ2) is 6.00. The molecule has 8 heteroatoms. The second-order valence-corrected chi connectivity index (χ2v) is 5.22. The first-order valence-corrected chi connectivity index (χ1v) is 6.73. The Bertz CT molecular complexity index is 710. The van der Waals surface area contributed by atoms with Crippen molar-refractivity contribution in [3.63, 3.8) is 0 Å². The number of halogens is 4. The molecule has 1 N–H and O–H groups in total. The molecule has 0 atom stereocenters. The Labute approximate surface area is 129 Å². The standard InChI is InChI=1S/C14H13ClF3N3O/c1-8-12(19-13(22)14(16,17)18)9(2)21(20-8)7-10-4-3-5-11(15)6-10/h3-6H,7H2,1-2H3,(H,19,22). The topological polar surface area (TPSA) is 46.9 Å². The van der Waals surface area contributed by atoms with Crippen molar-refractivity contribution in [1.82, 2.24) is 9.78 Å². The van der Waals surface area contributed by atoms with Crippen molar-refractivity contribution in [2.45, 2.75) is 26.6 Å². The first-order valence-electron chi connectivity index (χ1n) is 6.35. The normalized spacial score (nSPS) is 11.5. The van der Waals surface area contributed by atoms with E-state index >= 15 is 0 Å². The molecule has 1 aromatic carbocycles. The van der Waals surface area contributed by atoms with E-state index in [4.69, 9.17) is 11.6 Å². The zero-order valence-corrected chi connectivity index (χ0v) is 12.6. The van der Waals surface area contributed by atoms with Crippen LogP contribution in [-0.2, 0) is 11.3 Å². The number of carbonyl (C=O) groups is 1. The van der Waals surface area contributed by atoms with Crippen molar-refractivity contribution in [2.75, 3.05) is 5.32 Å². The first-order chi connectivity index (χ1) is 10.2. The quantitative estimate of drug-likeness (QED) is 0.932. The Hall–Kier alpha value is -2.02. The lowest BCUT2D eigenvalue weighted by Gasteiger charge is -2.09. The number of rotatable bonds is 3. The maximum Gasteiger partial charge on any atom is 0.471 e. The number of carbonyl (C=O) groups excluding carboxylic acids is 1. The summed E-state index contributed by atoms with van der Waals surface area (Å²) in [4.78, 5) is 11.1. The summed E-state index contributed by atoms with van der Waals surface area (Å²) in [5, 5.41) is 6.58. The number of anilines is 1. The van der Waals surface area contributed by atoms with E-state index in [1.807, 2.05) is 11.4 Å². The van der Waals surface area contributed by atoms with Gasteiger partial charge in [0.1, 0.15) is 0 Å². The Morgan fingerprint density at radius 2 is 2.05 bits per heavy atom. The molecule has 0 bridgehead atoms. The van der Waals surface area contributed by atoms with Crippen molar-refractivity contribution >= 4 is 23.2 Å². The van der Waals surface area contributed by atoms with E-state index in [1.165, 1.54) is 11.6 Å². The van der Waals surface area contributed by atoms with Crippen LogP contribution >= 0.6 is 11.6 Å². The molecule has 0 saturated carbocycles. The molecule has 0 aliphatic rings. The van der Waals surface area contributed by atoms with Crippen LogP contribution in [-0.4, -0.2) is 21.9 Å². The average molecular weight is 332 g/mol. The van der Waals surface area contributed by atoms with E-state index in [0.29, 0.717) is 23.0 Å². The summed E-state index contributed by atoms with van der Waals surface area (Å²) < 4.78 is 38.5. The highest BCUT2D eigenvalue weighted by molar-refractivity contribution is 6.30. The molecule has 1 heterocycles. The average Bonchev–Trinajstić information content (AvgIpc) is 2.65. The Morgan fingerprint density at radius 1 is 1.36 bits per heavy atom. The van der Waals surface area contributed by atoms with Crippen molar-refractivity contribution in [3.05, 3.63) is 46.2 Å². The molecule has 118 valence electrons. The van der Waals surface area contributed by atoms with E-state index in [2.05, 4.69) is 5.10 Å². The highest BCUT2D eigenvalue weighted by Gasteiger charge is 2.39. The lowest BCUT2D eigenvalue weighted by atomic mass is 10.2. The monoisotopic (exact) mass is 331 g/mol. The Balaban J connectivity index is 2.25. The molecule has 2 rings (SSSR count). The summed E-state index contributed by atoms with van der Waals surface area (Å²) in [6.45, 7) is 3.47. The van der Waals surface area contributed by atoms with Gasteiger partial charge in [-0.2, -0.15) is 18.3 Å². The van der Waals surface area contributed by atoms with E-state index in [1.54, 1.807) is 25.1 Å². The molecule has 1 amide bonds. The lowest BCUT2D eigenvalue weighted by Crippen LogP contribution is -2.30. The third kappa shape index (κ3) is 3.59. The number of benzene rings is 1. The first kappa shape index (κ1) is 16.4. The van der Waals surface area contributed by atoms with Crippen LogP contribution < -0.4 is 5.32 Å². The van der Waals surface area contributed by atoms with Gasteiger partial charge < -0.3 is 5.32 Å². The summed E-state index contributed by atoms with van der Waals surface area (Å²) in [6.07, 6.45) is -4.94.